The van der Waals surface area contributed by atoms with Gasteiger partial charge in [0, 0.05) is 12.1 Å². The minimum Gasteiger partial charge on any atom is -0.497 e. The quantitative estimate of drug-likeness (QED) is 0.654. The normalized spacial score (nSPS) is 14.9. The molecule has 1 N–H and O–H groups in total. The van der Waals surface area contributed by atoms with E-state index in [1.165, 1.54) is 11.2 Å². The summed E-state index contributed by atoms with van der Waals surface area (Å²) >= 11 is 0. The van der Waals surface area contributed by atoms with Crippen molar-refractivity contribution in [3.05, 3.63) is 29.8 Å². The number of nitrogens with one attached hydrogen (secondary N) is 1. The predicted molar refractivity (Wildman–Crippen MR) is 82.8 cm³/mol. The van der Waals surface area contributed by atoms with Gasteiger partial charge in [-0.05, 0) is 43.2 Å². The molecule has 1 aliphatic heterocycles. The summed E-state index contributed by atoms with van der Waals surface area (Å²) in [5.41, 5.74) is 4.04. The fraction of sp³-hybridized carbons (Fsp3) is 0.333. The fourth-order valence-corrected chi connectivity index (χ4v) is 1.89. The molecule has 0 bridgehead atoms. The molecule has 22 heavy (non-hydrogen) atoms. The smallest absolute Gasteiger partial charge is 0.261 e. The summed E-state index contributed by atoms with van der Waals surface area (Å²) < 4.78 is 5.05. The van der Waals surface area contributed by atoms with Crippen LogP contribution >= 0.6 is 0 Å². The Morgan fingerprint density at radius 1 is 1.41 bits per heavy atom. The highest BCUT2D eigenvalue weighted by atomic mass is 16.5. The molecule has 1 aliphatic rings. The maximum atomic E-state index is 11.7. The molecule has 0 spiro atoms. The first-order valence-electron chi connectivity index (χ1n) is 6.89. The molecule has 2 rings (SSSR count). The zero-order chi connectivity index (χ0) is 15.9. The monoisotopic (exact) mass is 302 g/mol. The maximum absolute atomic E-state index is 11.7. The number of hydrogen-bond donors (Lipinski definition) is 1. The predicted octanol–water partition coefficient (Wildman–Crippen LogP) is 1.14. The van der Waals surface area contributed by atoms with Crippen molar-refractivity contribution in [2.75, 3.05) is 13.7 Å². The van der Waals surface area contributed by atoms with Crippen molar-refractivity contribution in [3.8, 4) is 5.75 Å². The second-order valence-electron chi connectivity index (χ2n) is 4.85. The van der Waals surface area contributed by atoms with Crippen molar-refractivity contribution in [1.29, 1.82) is 0 Å². The summed E-state index contributed by atoms with van der Waals surface area (Å²) in [6.07, 6.45) is 2.55. The van der Waals surface area contributed by atoms with Crippen LogP contribution in [0, 0.1) is 0 Å². The molecule has 0 atom stereocenters. The zero-order valence-corrected chi connectivity index (χ0v) is 12.6. The molecule has 0 fully saturated rings. The van der Waals surface area contributed by atoms with Crippen molar-refractivity contribution in [2.24, 2.45) is 10.2 Å². The number of methoxy groups -OCH3 is 1. The molecule has 0 radical (unpaired) electrons. The molecule has 0 saturated carbocycles. The van der Waals surface area contributed by atoms with Gasteiger partial charge in [0.15, 0.2) is 0 Å². The first kappa shape index (κ1) is 15.7. The second-order valence-corrected chi connectivity index (χ2v) is 4.85. The highest BCUT2D eigenvalue weighted by molar-refractivity contribution is 5.93. The van der Waals surface area contributed by atoms with Crippen LogP contribution in [-0.2, 0) is 9.59 Å². The van der Waals surface area contributed by atoms with Crippen LogP contribution in [0.3, 0.4) is 0 Å². The van der Waals surface area contributed by atoms with Crippen LogP contribution in [0.4, 0.5) is 0 Å². The van der Waals surface area contributed by atoms with Crippen molar-refractivity contribution in [3.63, 3.8) is 0 Å². The molecule has 1 heterocycles. The van der Waals surface area contributed by atoms with Gasteiger partial charge in [0.25, 0.3) is 5.91 Å². The van der Waals surface area contributed by atoms with Gasteiger partial charge in [-0.3, -0.25) is 9.59 Å². The Morgan fingerprint density at radius 2 is 2.14 bits per heavy atom. The van der Waals surface area contributed by atoms with Crippen LogP contribution < -0.4 is 10.2 Å². The van der Waals surface area contributed by atoms with Gasteiger partial charge >= 0.3 is 0 Å². The summed E-state index contributed by atoms with van der Waals surface area (Å²) in [7, 11) is 1.59. The lowest BCUT2D eigenvalue weighted by atomic mass is 10.2. The second kappa shape index (κ2) is 7.35. The number of rotatable bonds is 5. The number of hydrogen-bond acceptors (Lipinski definition) is 5. The van der Waals surface area contributed by atoms with Crippen molar-refractivity contribution < 1.29 is 14.3 Å². The number of carbonyl (C=O) groups excluding carboxylic acids is 2. The zero-order valence-electron chi connectivity index (χ0n) is 12.6. The summed E-state index contributed by atoms with van der Waals surface area (Å²) in [4.78, 5) is 23.4. The standard InChI is InChI=1S/C15H18N4O3/c1-11-3-8-15(21)19(18-11)10-14(20)17-16-9-12-4-6-13(22-2)7-5-12/h4-7,9H,3,8,10H2,1-2H3,(H,17,20)/b16-9+. The molecule has 7 heteroatoms. The lowest BCUT2D eigenvalue weighted by Crippen LogP contribution is -2.38. The lowest BCUT2D eigenvalue weighted by molar-refractivity contribution is -0.136. The van der Waals surface area contributed by atoms with E-state index < -0.39 is 5.91 Å². The molecule has 7 nitrogen and oxygen atoms in total. The van der Waals surface area contributed by atoms with E-state index in [0.29, 0.717) is 12.8 Å². The Kier molecular flexibility index (Phi) is 5.24. The molecule has 0 unspecified atom stereocenters. The Morgan fingerprint density at radius 3 is 2.82 bits per heavy atom. The van der Waals surface area contributed by atoms with Crippen LogP contribution in [0.1, 0.15) is 25.3 Å². The topological polar surface area (TPSA) is 83.4 Å². The van der Waals surface area contributed by atoms with Gasteiger partial charge in [-0.25, -0.2) is 10.4 Å². The molecule has 0 aliphatic carbocycles. The molecular weight excluding hydrogens is 284 g/mol. The molecule has 1 aromatic rings. The van der Waals surface area contributed by atoms with E-state index in [1.807, 2.05) is 19.1 Å². The van der Waals surface area contributed by atoms with Crippen LogP contribution in [-0.4, -0.2) is 42.4 Å². The largest absolute Gasteiger partial charge is 0.497 e. The Labute approximate surface area is 128 Å². The number of carbonyl (C=O) groups is 2. The minimum absolute atomic E-state index is 0.129. The van der Waals surface area contributed by atoms with Crippen molar-refractivity contribution in [2.45, 2.75) is 19.8 Å². The van der Waals surface area contributed by atoms with Gasteiger partial charge in [0.2, 0.25) is 5.91 Å². The van der Waals surface area contributed by atoms with Gasteiger partial charge < -0.3 is 4.74 Å². The molecule has 2 amide bonds. The lowest BCUT2D eigenvalue weighted by Gasteiger charge is -2.21. The molecule has 0 aromatic heterocycles. The average Bonchev–Trinajstić information content (AvgIpc) is 2.51. The van der Waals surface area contributed by atoms with Crippen molar-refractivity contribution in [1.82, 2.24) is 10.4 Å². The summed E-state index contributed by atoms with van der Waals surface area (Å²) in [6.45, 7) is 1.70. The van der Waals surface area contributed by atoms with Gasteiger partial charge in [-0.1, -0.05) is 0 Å². The summed E-state index contributed by atoms with van der Waals surface area (Å²) in [5, 5.41) is 9.09. The molecule has 0 saturated heterocycles. The van der Waals surface area contributed by atoms with Gasteiger partial charge in [0.1, 0.15) is 12.3 Å². The molecule has 1 aromatic carbocycles. The highest BCUT2D eigenvalue weighted by Crippen LogP contribution is 2.10. The SMILES string of the molecule is COc1ccc(/C=N/NC(=O)CN2N=C(C)CCC2=O)cc1. The van der Waals surface area contributed by atoms with E-state index in [2.05, 4.69) is 15.6 Å². The third-order valence-corrected chi connectivity index (χ3v) is 3.09. The van der Waals surface area contributed by atoms with Crippen LogP contribution in [0.2, 0.25) is 0 Å². The summed E-state index contributed by atoms with van der Waals surface area (Å²) in [5.74, 6) is 0.203. The number of ether oxygens (including phenoxy) is 1. The molecular formula is C15H18N4O3. The van der Waals surface area contributed by atoms with E-state index in [0.717, 1.165) is 17.0 Å². The van der Waals surface area contributed by atoms with Crippen LogP contribution in [0.5, 0.6) is 5.75 Å². The number of benzene rings is 1. The third-order valence-electron chi connectivity index (χ3n) is 3.09. The van der Waals surface area contributed by atoms with E-state index >= 15 is 0 Å². The van der Waals surface area contributed by atoms with E-state index in [1.54, 1.807) is 19.2 Å². The minimum atomic E-state index is -0.392. The average molecular weight is 302 g/mol. The van der Waals surface area contributed by atoms with Gasteiger partial charge in [0.05, 0.1) is 13.3 Å². The number of nitrogens with zero attached hydrogens (tertiary/aromatic N) is 3. The first-order chi connectivity index (χ1) is 10.6. The Hall–Kier alpha value is -2.70. The van der Waals surface area contributed by atoms with E-state index in [-0.39, 0.29) is 12.5 Å². The number of amides is 2. The third kappa shape index (κ3) is 4.41. The van der Waals surface area contributed by atoms with Gasteiger partial charge in [-0.15, -0.1) is 0 Å². The van der Waals surface area contributed by atoms with E-state index in [4.69, 9.17) is 4.74 Å². The Bertz CT molecular complexity index is 608. The van der Waals surface area contributed by atoms with E-state index in [9.17, 15) is 9.59 Å². The van der Waals surface area contributed by atoms with Crippen LogP contribution in [0.25, 0.3) is 0 Å². The Balaban J connectivity index is 1.85. The summed E-state index contributed by atoms with van der Waals surface area (Å²) in [6, 6.07) is 7.23. The first-order valence-corrected chi connectivity index (χ1v) is 6.89. The number of hydrazone groups is 2. The fourth-order valence-electron chi connectivity index (χ4n) is 1.89. The maximum Gasteiger partial charge on any atom is 0.261 e. The van der Waals surface area contributed by atoms with Gasteiger partial charge in [-0.2, -0.15) is 10.2 Å². The highest BCUT2D eigenvalue weighted by Gasteiger charge is 2.20. The molecule has 116 valence electrons. The van der Waals surface area contributed by atoms with Crippen LogP contribution in [0.15, 0.2) is 34.5 Å². The van der Waals surface area contributed by atoms with Crippen molar-refractivity contribution >= 4 is 23.7 Å².